The van der Waals surface area contributed by atoms with Crippen LogP contribution in [-0.2, 0) is 9.53 Å². The van der Waals surface area contributed by atoms with E-state index in [-0.39, 0.29) is 11.9 Å². The number of nitrogens with two attached hydrogens (primary N) is 1. The highest BCUT2D eigenvalue weighted by molar-refractivity contribution is 5.81. The van der Waals surface area contributed by atoms with Crippen molar-refractivity contribution >= 4 is 5.91 Å². The molecule has 4 nitrogen and oxygen atoms in total. The molecule has 0 aliphatic heterocycles. The van der Waals surface area contributed by atoms with E-state index in [9.17, 15) is 4.79 Å². The molecule has 0 bridgehead atoms. The fourth-order valence-corrected chi connectivity index (χ4v) is 1.56. The van der Waals surface area contributed by atoms with Crippen LogP contribution in [0.1, 0.15) is 32.6 Å². The molecule has 0 aromatic carbocycles. The quantitative estimate of drug-likeness (QED) is 0.631. The van der Waals surface area contributed by atoms with Gasteiger partial charge in [-0.3, -0.25) is 4.79 Å². The van der Waals surface area contributed by atoms with Crippen molar-refractivity contribution in [2.24, 2.45) is 11.7 Å². The molecule has 1 aliphatic rings. The van der Waals surface area contributed by atoms with Gasteiger partial charge >= 0.3 is 0 Å². The van der Waals surface area contributed by atoms with E-state index in [4.69, 9.17) is 10.5 Å². The van der Waals surface area contributed by atoms with Gasteiger partial charge in [-0.1, -0.05) is 13.3 Å². The van der Waals surface area contributed by atoms with Crippen molar-refractivity contribution in [3.8, 4) is 0 Å². The molecular weight excluding hydrogens is 204 g/mol. The first-order valence-corrected chi connectivity index (χ1v) is 6.23. The number of rotatable bonds is 8. The topological polar surface area (TPSA) is 55.6 Å². The van der Waals surface area contributed by atoms with Crippen LogP contribution in [0.25, 0.3) is 0 Å². The maximum atomic E-state index is 11.7. The standard InChI is InChI=1S/C12H24N2O2/c1-3-4-11(13)12(15)14(2)7-8-16-9-10-5-6-10/h10-11H,3-9,13H2,1-2H3/t11-/m0/s1. The van der Waals surface area contributed by atoms with E-state index in [1.165, 1.54) is 12.8 Å². The van der Waals surface area contributed by atoms with Gasteiger partial charge in [0.05, 0.1) is 12.6 Å². The largest absolute Gasteiger partial charge is 0.379 e. The van der Waals surface area contributed by atoms with Crippen molar-refractivity contribution < 1.29 is 9.53 Å². The normalized spacial score (nSPS) is 17.2. The predicted molar refractivity (Wildman–Crippen MR) is 64.1 cm³/mol. The Labute approximate surface area is 98.1 Å². The Kier molecular flexibility index (Phi) is 5.77. The highest BCUT2D eigenvalue weighted by atomic mass is 16.5. The van der Waals surface area contributed by atoms with Gasteiger partial charge in [-0.15, -0.1) is 0 Å². The van der Waals surface area contributed by atoms with Gasteiger partial charge in [-0.05, 0) is 25.2 Å². The summed E-state index contributed by atoms with van der Waals surface area (Å²) in [6.45, 7) is 4.15. The molecule has 1 saturated carbocycles. The van der Waals surface area contributed by atoms with Crippen LogP contribution in [0.2, 0.25) is 0 Å². The SMILES string of the molecule is CCC[C@H](N)C(=O)N(C)CCOCC1CC1. The molecule has 0 aromatic heterocycles. The maximum absolute atomic E-state index is 11.7. The maximum Gasteiger partial charge on any atom is 0.239 e. The minimum absolute atomic E-state index is 0.0249. The molecule has 94 valence electrons. The number of amides is 1. The summed E-state index contributed by atoms with van der Waals surface area (Å²) < 4.78 is 5.48. The average Bonchev–Trinajstić information content (AvgIpc) is 3.07. The number of carbonyl (C=O) groups is 1. The summed E-state index contributed by atoms with van der Waals surface area (Å²) in [5.74, 6) is 0.806. The molecular formula is C12H24N2O2. The zero-order chi connectivity index (χ0) is 12.0. The highest BCUT2D eigenvalue weighted by Gasteiger charge is 2.21. The Hall–Kier alpha value is -0.610. The molecule has 0 unspecified atom stereocenters. The molecule has 0 spiro atoms. The monoisotopic (exact) mass is 228 g/mol. The minimum Gasteiger partial charge on any atom is -0.379 e. The third-order valence-corrected chi connectivity index (χ3v) is 2.91. The summed E-state index contributed by atoms with van der Waals surface area (Å²) in [7, 11) is 1.79. The van der Waals surface area contributed by atoms with Gasteiger partial charge < -0.3 is 15.4 Å². The summed E-state index contributed by atoms with van der Waals surface area (Å²) in [5, 5.41) is 0. The van der Waals surface area contributed by atoms with Gasteiger partial charge in [-0.2, -0.15) is 0 Å². The number of likely N-dealkylation sites (N-methyl/N-ethyl adjacent to an activating group) is 1. The van der Waals surface area contributed by atoms with Crippen molar-refractivity contribution in [1.82, 2.24) is 4.90 Å². The Morgan fingerprint density at radius 3 is 2.81 bits per heavy atom. The lowest BCUT2D eigenvalue weighted by atomic mass is 10.1. The van der Waals surface area contributed by atoms with Crippen molar-refractivity contribution in [1.29, 1.82) is 0 Å². The van der Waals surface area contributed by atoms with Crippen molar-refractivity contribution in [3.05, 3.63) is 0 Å². The molecule has 0 saturated heterocycles. The van der Waals surface area contributed by atoms with E-state index in [1.54, 1.807) is 11.9 Å². The van der Waals surface area contributed by atoms with Crippen LogP contribution in [-0.4, -0.2) is 43.7 Å². The third kappa shape index (κ3) is 4.94. The minimum atomic E-state index is -0.349. The summed E-state index contributed by atoms with van der Waals surface area (Å²) >= 11 is 0. The van der Waals surface area contributed by atoms with Gasteiger partial charge in [0.25, 0.3) is 0 Å². The molecule has 1 aliphatic carbocycles. The molecule has 1 fully saturated rings. The van der Waals surface area contributed by atoms with Crippen LogP contribution in [0, 0.1) is 5.92 Å². The highest BCUT2D eigenvalue weighted by Crippen LogP contribution is 2.28. The van der Waals surface area contributed by atoms with Crippen LogP contribution in [0.5, 0.6) is 0 Å². The van der Waals surface area contributed by atoms with E-state index < -0.39 is 0 Å². The molecule has 1 rings (SSSR count). The molecule has 4 heteroatoms. The fourth-order valence-electron chi connectivity index (χ4n) is 1.56. The molecule has 0 radical (unpaired) electrons. The van der Waals surface area contributed by atoms with Crippen LogP contribution < -0.4 is 5.73 Å². The predicted octanol–water partition coefficient (Wildman–Crippen LogP) is 0.999. The van der Waals surface area contributed by atoms with Crippen LogP contribution in [0.3, 0.4) is 0 Å². The lowest BCUT2D eigenvalue weighted by molar-refractivity contribution is -0.132. The van der Waals surface area contributed by atoms with E-state index in [1.807, 2.05) is 6.92 Å². The second-order valence-corrected chi connectivity index (χ2v) is 4.67. The molecule has 0 heterocycles. The average molecular weight is 228 g/mol. The number of ether oxygens (including phenoxy) is 1. The zero-order valence-electron chi connectivity index (χ0n) is 10.4. The number of hydrogen-bond acceptors (Lipinski definition) is 3. The fraction of sp³-hybridized carbons (Fsp3) is 0.917. The van der Waals surface area contributed by atoms with Crippen molar-refractivity contribution in [2.45, 2.75) is 38.6 Å². The summed E-state index contributed by atoms with van der Waals surface area (Å²) in [4.78, 5) is 13.4. The Morgan fingerprint density at radius 1 is 1.56 bits per heavy atom. The van der Waals surface area contributed by atoms with E-state index >= 15 is 0 Å². The molecule has 2 N–H and O–H groups in total. The molecule has 16 heavy (non-hydrogen) atoms. The van der Waals surface area contributed by atoms with Crippen molar-refractivity contribution in [2.75, 3.05) is 26.8 Å². The van der Waals surface area contributed by atoms with Gasteiger partial charge in [-0.25, -0.2) is 0 Å². The lowest BCUT2D eigenvalue weighted by Gasteiger charge is -2.20. The van der Waals surface area contributed by atoms with Gasteiger partial charge in [0.15, 0.2) is 0 Å². The van der Waals surface area contributed by atoms with Crippen molar-refractivity contribution in [3.63, 3.8) is 0 Å². The second kappa shape index (κ2) is 6.86. The van der Waals surface area contributed by atoms with E-state index in [0.717, 1.165) is 25.4 Å². The van der Waals surface area contributed by atoms with E-state index in [2.05, 4.69) is 0 Å². The van der Waals surface area contributed by atoms with E-state index in [0.29, 0.717) is 13.2 Å². The number of hydrogen-bond donors (Lipinski definition) is 1. The second-order valence-electron chi connectivity index (χ2n) is 4.67. The van der Waals surface area contributed by atoms with Crippen LogP contribution in [0.15, 0.2) is 0 Å². The van der Waals surface area contributed by atoms with Crippen LogP contribution >= 0.6 is 0 Å². The third-order valence-electron chi connectivity index (χ3n) is 2.91. The molecule has 1 atom stereocenters. The summed E-state index contributed by atoms with van der Waals surface area (Å²) in [6.07, 6.45) is 4.30. The van der Waals surface area contributed by atoms with Gasteiger partial charge in [0, 0.05) is 20.2 Å². The number of carbonyl (C=O) groups excluding carboxylic acids is 1. The first kappa shape index (κ1) is 13.5. The lowest BCUT2D eigenvalue weighted by Crippen LogP contribution is -2.42. The first-order valence-electron chi connectivity index (χ1n) is 6.23. The molecule has 0 aromatic rings. The van der Waals surface area contributed by atoms with Crippen LogP contribution in [0.4, 0.5) is 0 Å². The zero-order valence-corrected chi connectivity index (χ0v) is 10.4. The Bertz CT molecular complexity index is 217. The Morgan fingerprint density at radius 2 is 2.25 bits per heavy atom. The summed E-state index contributed by atoms with van der Waals surface area (Å²) in [6, 6.07) is -0.349. The Balaban J connectivity index is 2.06. The smallest absolute Gasteiger partial charge is 0.239 e. The molecule has 1 amide bonds. The van der Waals surface area contributed by atoms with Gasteiger partial charge in [0.1, 0.15) is 0 Å². The number of nitrogens with zero attached hydrogens (tertiary/aromatic N) is 1. The first-order chi connectivity index (χ1) is 7.65. The van der Waals surface area contributed by atoms with Gasteiger partial charge in [0.2, 0.25) is 5.91 Å². The summed E-state index contributed by atoms with van der Waals surface area (Å²) in [5.41, 5.74) is 5.76.